The number of nitrogens with two attached hydrogens (primary N) is 1. The van der Waals surface area contributed by atoms with Gasteiger partial charge in [0.2, 0.25) is 5.95 Å². The first kappa shape index (κ1) is 21.8. The molecule has 2 aromatic heterocycles. The molecule has 0 unspecified atom stereocenters. The van der Waals surface area contributed by atoms with Crippen LogP contribution in [0.4, 0.5) is 26.1 Å². The number of halogens is 2. The number of aromatic nitrogens is 4. The van der Waals surface area contributed by atoms with Crippen molar-refractivity contribution in [2.24, 2.45) is 0 Å². The molecule has 2 atom stereocenters. The minimum absolute atomic E-state index is 0.00880. The van der Waals surface area contributed by atoms with E-state index in [2.05, 4.69) is 21.7 Å². The topological polar surface area (TPSA) is 94.6 Å². The van der Waals surface area contributed by atoms with E-state index < -0.39 is 12.2 Å². The standard InChI is InChI=1S/C22H27F2N7O2/c1-13-14(2)33-10-7-30(13)19-12-18(29-5-8-32-9-6-29)27-22(28-19)31-17-11-15(25)3-4-16(17)26-21(31)20(23)24/h3-4,11-14,20H,5-10,25H2,1-2H3/t13-,14+/m1/s1. The van der Waals surface area contributed by atoms with Crippen molar-refractivity contribution < 1.29 is 18.3 Å². The first-order valence-corrected chi connectivity index (χ1v) is 11.1. The smallest absolute Gasteiger partial charge is 0.296 e. The highest BCUT2D eigenvalue weighted by Crippen LogP contribution is 2.31. The van der Waals surface area contributed by atoms with Gasteiger partial charge in [-0.05, 0) is 32.0 Å². The molecule has 2 aliphatic rings. The van der Waals surface area contributed by atoms with Crippen LogP contribution in [0.15, 0.2) is 24.3 Å². The van der Waals surface area contributed by atoms with E-state index in [1.54, 1.807) is 18.2 Å². The van der Waals surface area contributed by atoms with Crippen molar-refractivity contribution in [1.29, 1.82) is 0 Å². The Hall–Kier alpha value is -3.05. The fraction of sp³-hybridized carbons (Fsp3) is 0.500. The number of hydrogen-bond donors (Lipinski definition) is 1. The zero-order valence-electron chi connectivity index (χ0n) is 18.6. The number of morpholine rings is 2. The lowest BCUT2D eigenvalue weighted by Gasteiger charge is -2.39. The lowest BCUT2D eigenvalue weighted by molar-refractivity contribution is 0.0281. The Bertz CT molecular complexity index is 1150. The summed E-state index contributed by atoms with van der Waals surface area (Å²) >= 11 is 0. The monoisotopic (exact) mass is 459 g/mol. The van der Waals surface area contributed by atoms with Gasteiger partial charge in [0.25, 0.3) is 6.43 Å². The molecule has 11 heteroatoms. The van der Waals surface area contributed by atoms with E-state index in [1.807, 2.05) is 13.0 Å². The molecule has 0 radical (unpaired) electrons. The maximum atomic E-state index is 14.1. The number of nitrogen functional groups attached to an aromatic ring is 1. The van der Waals surface area contributed by atoms with E-state index in [0.29, 0.717) is 67.8 Å². The average Bonchev–Trinajstić information content (AvgIpc) is 3.20. The maximum Gasteiger partial charge on any atom is 0.296 e. The van der Waals surface area contributed by atoms with Gasteiger partial charge in [-0.1, -0.05) is 0 Å². The Labute approximate surface area is 190 Å². The van der Waals surface area contributed by atoms with Crippen LogP contribution in [0.5, 0.6) is 0 Å². The molecule has 4 heterocycles. The van der Waals surface area contributed by atoms with Crippen LogP contribution < -0.4 is 15.5 Å². The second kappa shape index (κ2) is 8.71. The van der Waals surface area contributed by atoms with Gasteiger partial charge in [0.15, 0.2) is 5.82 Å². The third-order valence-electron chi connectivity index (χ3n) is 6.30. The summed E-state index contributed by atoms with van der Waals surface area (Å²) in [4.78, 5) is 17.8. The number of benzene rings is 1. The molecule has 2 aliphatic heterocycles. The van der Waals surface area contributed by atoms with Crippen molar-refractivity contribution in [3.05, 3.63) is 30.1 Å². The SMILES string of the molecule is C[C@@H]1OCCN(c2cc(N3CCOCC3)nc(-n3c(C(F)F)nc4ccc(N)cc43)n2)[C@@H]1C. The molecule has 0 spiro atoms. The first-order valence-electron chi connectivity index (χ1n) is 11.1. The van der Waals surface area contributed by atoms with Gasteiger partial charge >= 0.3 is 0 Å². The summed E-state index contributed by atoms with van der Waals surface area (Å²) < 4.78 is 40.7. The highest BCUT2D eigenvalue weighted by atomic mass is 19.3. The Kier molecular flexibility index (Phi) is 5.75. The van der Waals surface area contributed by atoms with Crippen LogP contribution in [0.2, 0.25) is 0 Å². The molecule has 2 saturated heterocycles. The second-order valence-corrected chi connectivity index (χ2v) is 8.35. The van der Waals surface area contributed by atoms with Gasteiger partial charge in [-0.2, -0.15) is 9.97 Å². The van der Waals surface area contributed by atoms with E-state index in [-0.39, 0.29) is 18.1 Å². The number of alkyl halides is 2. The maximum absolute atomic E-state index is 14.1. The Morgan fingerprint density at radius 2 is 1.76 bits per heavy atom. The normalized spacial score (nSPS) is 21.8. The van der Waals surface area contributed by atoms with Gasteiger partial charge in [-0.3, -0.25) is 4.57 Å². The largest absolute Gasteiger partial charge is 0.399 e. The molecule has 0 aliphatic carbocycles. The Morgan fingerprint density at radius 3 is 2.52 bits per heavy atom. The Morgan fingerprint density at radius 1 is 1.00 bits per heavy atom. The number of anilines is 3. The van der Waals surface area contributed by atoms with Crippen LogP contribution in [-0.2, 0) is 9.47 Å². The van der Waals surface area contributed by atoms with Crippen molar-refractivity contribution in [2.45, 2.75) is 32.4 Å². The van der Waals surface area contributed by atoms with Crippen LogP contribution >= 0.6 is 0 Å². The van der Waals surface area contributed by atoms with Gasteiger partial charge in [-0.25, -0.2) is 13.8 Å². The van der Waals surface area contributed by atoms with E-state index in [1.165, 1.54) is 4.57 Å². The van der Waals surface area contributed by atoms with Crippen molar-refractivity contribution in [3.63, 3.8) is 0 Å². The minimum Gasteiger partial charge on any atom is -0.399 e. The van der Waals surface area contributed by atoms with Gasteiger partial charge < -0.3 is 25.0 Å². The Balaban J connectivity index is 1.70. The van der Waals surface area contributed by atoms with Crippen molar-refractivity contribution in [2.75, 3.05) is 55.0 Å². The van der Waals surface area contributed by atoms with E-state index in [4.69, 9.17) is 25.2 Å². The summed E-state index contributed by atoms with van der Waals surface area (Å²) in [5, 5.41) is 0. The third-order valence-corrected chi connectivity index (χ3v) is 6.30. The second-order valence-electron chi connectivity index (χ2n) is 8.35. The molecule has 1 aromatic carbocycles. The van der Waals surface area contributed by atoms with E-state index in [0.717, 1.165) is 0 Å². The molecule has 176 valence electrons. The third kappa shape index (κ3) is 4.06. The van der Waals surface area contributed by atoms with Gasteiger partial charge in [0.1, 0.15) is 11.6 Å². The average molecular weight is 460 g/mol. The molecule has 3 aromatic rings. The molecule has 2 fully saturated rings. The molecule has 0 saturated carbocycles. The molecular formula is C22H27F2N7O2. The van der Waals surface area contributed by atoms with Gasteiger partial charge in [0, 0.05) is 31.4 Å². The fourth-order valence-electron chi connectivity index (χ4n) is 4.34. The zero-order chi connectivity index (χ0) is 23.1. The highest BCUT2D eigenvalue weighted by molar-refractivity contribution is 5.81. The van der Waals surface area contributed by atoms with Crippen LogP contribution in [0.3, 0.4) is 0 Å². The lowest BCUT2D eigenvalue weighted by Crippen LogP contribution is -2.49. The summed E-state index contributed by atoms with van der Waals surface area (Å²) in [5.41, 5.74) is 7.27. The van der Waals surface area contributed by atoms with Gasteiger partial charge in [0.05, 0.1) is 43.0 Å². The van der Waals surface area contributed by atoms with Crippen molar-refractivity contribution in [1.82, 2.24) is 19.5 Å². The van der Waals surface area contributed by atoms with Crippen LogP contribution in [0.1, 0.15) is 26.1 Å². The number of ether oxygens (including phenoxy) is 2. The molecule has 2 N–H and O–H groups in total. The summed E-state index contributed by atoms with van der Waals surface area (Å²) in [6, 6.07) is 6.87. The molecule has 33 heavy (non-hydrogen) atoms. The quantitative estimate of drug-likeness (QED) is 0.596. The summed E-state index contributed by atoms with van der Waals surface area (Å²) in [6.45, 7) is 7.75. The number of imidazole rings is 1. The molecule has 5 rings (SSSR count). The van der Waals surface area contributed by atoms with E-state index >= 15 is 0 Å². The van der Waals surface area contributed by atoms with Crippen LogP contribution in [0.25, 0.3) is 17.0 Å². The molecular weight excluding hydrogens is 432 g/mol. The minimum atomic E-state index is -2.81. The predicted molar refractivity (Wildman–Crippen MR) is 121 cm³/mol. The van der Waals surface area contributed by atoms with Crippen LogP contribution in [-0.4, -0.2) is 71.1 Å². The summed E-state index contributed by atoms with van der Waals surface area (Å²) in [7, 11) is 0. The highest BCUT2D eigenvalue weighted by Gasteiger charge is 2.29. The van der Waals surface area contributed by atoms with Crippen molar-refractivity contribution >= 4 is 28.4 Å². The predicted octanol–water partition coefficient (Wildman–Crippen LogP) is 2.79. The van der Waals surface area contributed by atoms with Crippen molar-refractivity contribution in [3.8, 4) is 5.95 Å². The number of rotatable bonds is 4. The molecule has 9 nitrogen and oxygen atoms in total. The molecule has 0 amide bonds. The number of nitrogens with zero attached hydrogens (tertiary/aromatic N) is 6. The number of hydrogen-bond acceptors (Lipinski definition) is 8. The first-order chi connectivity index (χ1) is 15.9. The fourth-order valence-corrected chi connectivity index (χ4v) is 4.34. The lowest BCUT2D eigenvalue weighted by atomic mass is 10.1. The summed E-state index contributed by atoms with van der Waals surface area (Å²) in [6.07, 6.45) is -2.80. The number of fused-ring (bicyclic) bond motifs is 1. The van der Waals surface area contributed by atoms with Crippen LogP contribution in [0, 0.1) is 0 Å². The zero-order valence-corrected chi connectivity index (χ0v) is 18.6. The summed E-state index contributed by atoms with van der Waals surface area (Å²) in [5.74, 6) is 1.05. The van der Waals surface area contributed by atoms with E-state index in [9.17, 15) is 8.78 Å². The van der Waals surface area contributed by atoms with Gasteiger partial charge in [-0.15, -0.1) is 0 Å². The molecule has 0 bridgehead atoms.